The Hall–Kier alpha value is -9.33. The molecule has 0 fully saturated rings. The zero-order chi connectivity index (χ0) is 50.2. The maximum absolute atomic E-state index is 2.79. The molecule has 15 rings (SSSR count). The summed E-state index contributed by atoms with van der Waals surface area (Å²) in [6.07, 6.45) is 0. The molecule has 4 heteroatoms. The first-order valence-corrected chi connectivity index (χ1v) is 30.4. The molecule has 0 saturated heterocycles. The predicted molar refractivity (Wildman–Crippen MR) is 327 cm³/mol. The number of aromatic nitrogens is 2. The van der Waals surface area contributed by atoms with Crippen molar-refractivity contribution in [3.05, 3.63) is 303 Å². The summed E-state index contributed by atoms with van der Waals surface area (Å²) < 4.78 is 5.00. The van der Waals surface area contributed by atoms with Crippen molar-refractivity contribution >= 4 is 101 Å². The SMILES string of the molecule is c1ccc([Si](c2ccccc2)(c2ccccc2)c2cccc(-n3c4ccccc4c4cc(-n5c6ccccc6c6ccc(-c7cccc8c7[Si](c7ccccc7)(c7ccccc7)c7ccccc7-8)cc65)ccc43)c2)cc1. The summed E-state index contributed by atoms with van der Waals surface area (Å²) in [4.78, 5) is 0. The van der Waals surface area contributed by atoms with Crippen LogP contribution in [0.1, 0.15) is 0 Å². The third-order valence-electron chi connectivity index (χ3n) is 16.5. The normalized spacial score (nSPS) is 12.8. The number of nitrogens with zero attached hydrogens (tertiary/aromatic N) is 2. The molecule has 356 valence electrons. The van der Waals surface area contributed by atoms with Gasteiger partial charge < -0.3 is 9.13 Å². The van der Waals surface area contributed by atoms with Crippen LogP contribution in [0.5, 0.6) is 0 Å². The lowest BCUT2D eigenvalue weighted by Crippen LogP contribution is -2.74. The maximum Gasteiger partial charge on any atom is 0.181 e. The minimum Gasteiger partial charge on any atom is -0.309 e. The Kier molecular flexibility index (Phi) is 10.3. The molecule has 3 heterocycles. The lowest BCUT2D eigenvalue weighted by atomic mass is 9.98. The van der Waals surface area contributed by atoms with Crippen LogP contribution < -0.4 is 41.5 Å². The fourth-order valence-electron chi connectivity index (χ4n) is 13.5. The van der Waals surface area contributed by atoms with Gasteiger partial charge in [0.1, 0.15) is 0 Å². The average molecular weight is 999 g/mol. The van der Waals surface area contributed by atoms with E-state index in [4.69, 9.17) is 0 Å². The molecule has 0 amide bonds. The molecule has 0 radical (unpaired) electrons. The van der Waals surface area contributed by atoms with Crippen molar-refractivity contribution in [1.82, 2.24) is 9.13 Å². The summed E-state index contributed by atoms with van der Waals surface area (Å²) in [5.74, 6) is 0. The van der Waals surface area contributed by atoms with Crippen LogP contribution >= 0.6 is 0 Å². The zero-order valence-corrected chi connectivity index (χ0v) is 43.8. The second-order valence-electron chi connectivity index (χ2n) is 20.3. The fourth-order valence-corrected chi connectivity index (χ4v) is 23.7. The Morgan fingerprint density at radius 1 is 0.263 bits per heavy atom. The van der Waals surface area contributed by atoms with E-state index in [1.807, 2.05) is 0 Å². The first-order valence-electron chi connectivity index (χ1n) is 26.4. The van der Waals surface area contributed by atoms with Crippen molar-refractivity contribution in [3.8, 4) is 33.6 Å². The quantitative estimate of drug-likeness (QED) is 0.101. The standard InChI is InChI=1S/C72H50N2Si2/c1-6-25-54(26-7-1)75(55-27-8-2-9-28-55,56-29-10-3-11-30-56)59-35-22-24-52(49-59)73-68-42-20-17-37-62(68)66-50-53(45-47-69(66)73)74-67-41-19-16-36-61(67)63-46-44-51(48-70(63)74)60-39-23-40-65-64-38-18-21-43-71(64)76(72(60)65,57-31-12-4-13-32-57)58-33-14-5-15-34-58/h1-50H. The lowest BCUT2D eigenvalue weighted by Gasteiger charge is -2.34. The van der Waals surface area contributed by atoms with Crippen molar-refractivity contribution in [3.63, 3.8) is 0 Å². The summed E-state index contributed by atoms with van der Waals surface area (Å²) in [6, 6.07) is 114. The molecule has 0 atom stereocenters. The van der Waals surface area contributed by atoms with E-state index in [0.29, 0.717) is 0 Å². The predicted octanol–water partition coefficient (Wildman–Crippen LogP) is 12.3. The molecule has 1 aliphatic rings. The van der Waals surface area contributed by atoms with Crippen LogP contribution in [0.4, 0.5) is 0 Å². The van der Waals surface area contributed by atoms with Gasteiger partial charge in [-0.2, -0.15) is 0 Å². The van der Waals surface area contributed by atoms with Gasteiger partial charge in [-0.25, -0.2) is 0 Å². The lowest BCUT2D eigenvalue weighted by molar-refractivity contribution is 1.17. The van der Waals surface area contributed by atoms with Crippen LogP contribution in [-0.4, -0.2) is 25.3 Å². The summed E-state index contributed by atoms with van der Waals surface area (Å²) in [5, 5.41) is 16.1. The highest BCUT2D eigenvalue weighted by Crippen LogP contribution is 2.40. The Morgan fingerprint density at radius 3 is 1.34 bits per heavy atom. The van der Waals surface area contributed by atoms with Crippen LogP contribution in [0, 0.1) is 0 Å². The van der Waals surface area contributed by atoms with Gasteiger partial charge in [0.15, 0.2) is 16.1 Å². The molecule has 1 aliphatic heterocycles. The number of benzene rings is 12. The van der Waals surface area contributed by atoms with Gasteiger partial charge in [-0.05, 0) is 112 Å². The highest BCUT2D eigenvalue weighted by atomic mass is 28.3. The average Bonchev–Trinajstić information content (AvgIpc) is 4.29. The third kappa shape index (κ3) is 6.45. The van der Waals surface area contributed by atoms with E-state index >= 15 is 0 Å². The number of rotatable bonds is 9. The minimum absolute atomic E-state index is 1.14. The minimum atomic E-state index is -2.79. The molecule has 14 aromatic rings. The molecule has 0 unspecified atom stereocenters. The Bertz CT molecular complexity index is 4370. The van der Waals surface area contributed by atoms with Crippen LogP contribution in [0.15, 0.2) is 303 Å². The smallest absolute Gasteiger partial charge is 0.181 e. The van der Waals surface area contributed by atoms with Crippen molar-refractivity contribution in [2.75, 3.05) is 0 Å². The summed E-state index contributed by atoms with van der Waals surface area (Å²) in [5.41, 5.74) is 12.3. The van der Waals surface area contributed by atoms with Gasteiger partial charge in [0.2, 0.25) is 0 Å². The molecule has 2 aromatic heterocycles. The molecule has 12 aromatic carbocycles. The highest BCUT2D eigenvalue weighted by molar-refractivity contribution is 7.23. The molecule has 0 N–H and O–H groups in total. The van der Waals surface area contributed by atoms with E-state index in [-0.39, 0.29) is 0 Å². The first-order chi connectivity index (χ1) is 37.7. The topological polar surface area (TPSA) is 9.86 Å². The molecular formula is C72H50N2Si2. The molecule has 0 aliphatic carbocycles. The second-order valence-corrected chi connectivity index (χ2v) is 27.8. The van der Waals surface area contributed by atoms with E-state index in [0.717, 1.165) is 11.4 Å². The molecule has 0 bridgehead atoms. The van der Waals surface area contributed by atoms with E-state index < -0.39 is 16.1 Å². The van der Waals surface area contributed by atoms with E-state index in [9.17, 15) is 0 Å². The first kappa shape index (κ1) is 44.2. The zero-order valence-electron chi connectivity index (χ0n) is 41.8. The van der Waals surface area contributed by atoms with Gasteiger partial charge in [-0.3, -0.25) is 0 Å². The van der Waals surface area contributed by atoms with Gasteiger partial charge in [-0.1, -0.05) is 255 Å². The second kappa shape index (κ2) is 17.7. The van der Waals surface area contributed by atoms with Crippen LogP contribution in [0.3, 0.4) is 0 Å². The number of para-hydroxylation sites is 2. The monoisotopic (exact) mass is 998 g/mol. The molecule has 0 spiro atoms. The largest absolute Gasteiger partial charge is 0.309 e. The van der Waals surface area contributed by atoms with Gasteiger partial charge >= 0.3 is 0 Å². The molecule has 76 heavy (non-hydrogen) atoms. The van der Waals surface area contributed by atoms with Crippen molar-refractivity contribution in [2.24, 2.45) is 0 Å². The molecule has 0 saturated carbocycles. The number of hydrogen-bond donors (Lipinski definition) is 0. The Labute approximate surface area is 444 Å². The van der Waals surface area contributed by atoms with E-state index in [1.165, 1.54) is 107 Å². The third-order valence-corrected chi connectivity index (χ3v) is 26.2. The van der Waals surface area contributed by atoms with Gasteiger partial charge in [0.25, 0.3) is 0 Å². The van der Waals surface area contributed by atoms with E-state index in [2.05, 4.69) is 312 Å². The van der Waals surface area contributed by atoms with Crippen molar-refractivity contribution in [2.45, 2.75) is 0 Å². The van der Waals surface area contributed by atoms with Gasteiger partial charge in [-0.15, -0.1) is 0 Å². The number of hydrogen-bond acceptors (Lipinski definition) is 0. The maximum atomic E-state index is 2.51. The van der Waals surface area contributed by atoms with E-state index in [1.54, 1.807) is 0 Å². The van der Waals surface area contributed by atoms with Crippen LogP contribution in [0.25, 0.3) is 77.2 Å². The Morgan fingerprint density at radius 2 is 0.711 bits per heavy atom. The molecule has 2 nitrogen and oxygen atoms in total. The summed E-state index contributed by atoms with van der Waals surface area (Å²) >= 11 is 0. The summed E-state index contributed by atoms with van der Waals surface area (Å²) in [6.45, 7) is 0. The Balaban J connectivity index is 0.937. The highest BCUT2D eigenvalue weighted by Gasteiger charge is 2.50. The van der Waals surface area contributed by atoms with Gasteiger partial charge in [0, 0.05) is 32.9 Å². The van der Waals surface area contributed by atoms with Crippen LogP contribution in [0.2, 0.25) is 0 Å². The number of fused-ring (bicyclic) bond motifs is 9. The van der Waals surface area contributed by atoms with Crippen molar-refractivity contribution in [1.29, 1.82) is 0 Å². The van der Waals surface area contributed by atoms with Crippen LogP contribution in [-0.2, 0) is 0 Å². The fraction of sp³-hybridized carbons (Fsp3) is 0. The van der Waals surface area contributed by atoms with Crippen molar-refractivity contribution < 1.29 is 0 Å². The summed E-state index contributed by atoms with van der Waals surface area (Å²) in [7, 11) is -5.57. The van der Waals surface area contributed by atoms with Gasteiger partial charge in [0.05, 0.1) is 22.1 Å². The molecular weight excluding hydrogens is 949 g/mol.